The Morgan fingerprint density at radius 1 is 1.22 bits per heavy atom. The van der Waals surface area contributed by atoms with Crippen molar-refractivity contribution >= 4 is 0 Å². The third kappa shape index (κ3) is 2.31. The van der Waals surface area contributed by atoms with Crippen LogP contribution < -0.4 is 9.47 Å². The first kappa shape index (κ1) is 14.6. The Bertz CT molecular complexity index is 726. The summed E-state index contributed by atoms with van der Waals surface area (Å²) in [6.45, 7) is 4.49. The van der Waals surface area contributed by atoms with Gasteiger partial charge in [-0.25, -0.2) is 0 Å². The van der Waals surface area contributed by atoms with Crippen molar-refractivity contribution in [2.24, 2.45) is 0 Å². The summed E-state index contributed by atoms with van der Waals surface area (Å²) < 4.78 is 11.8. The predicted octanol–water partition coefficient (Wildman–Crippen LogP) is 4.55. The lowest BCUT2D eigenvalue weighted by Crippen LogP contribution is -2.38. The topological polar surface area (TPSA) is 21.7 Å². The van der Waals surface area contributed by atoms with Crippen LogP contribution in [-0.2, 0) is 6.42 Å². The molecule has 0 fully saturated rings. The minimum absolute atomic E-state index is 0.292. The molecule has 0 spiro atoms. The SMILES string of the molecule is CCCCN1CCc2ccc(OC)c3c2C1c1ccccc1O3. The van der Waals surface area contributed by atoms with Gasteiger partial charge in [0, 0.05) is 17.7 Å². The van der Waals surface area contributed by atoms with Gasteiger partial charge in [-0.3, -0.25) is 4.90 Å². The van der Waals surface area contributed by atoms with Crippen LogP contribution in [0.1, 0.15) is 42.5 Å². The maximum absolute atomic E-state index is 6.25. The monoisotopic (exact) mass is 309 g/mol. The number of para-hydroxylation sites is 1. The Balaban J connectivity index is 1.88. The van der Waals surface area contributed by atoms with Crippen molar-refractivity contribution in [3.63, 3.8) is 0 Å². The zero-order valence-corrected chi connectivity index (χ0v) is 13.8. The van der Waals surface area contributed by atoms with Crippen LogP contribution in [0.15, 0.2) is 36.4 Å². The minimum Gasteiger partial charge on any atom is -0.493 e. The summed E-state index contributed by atoms with van der Waals surface area (Å²) in [5.74, 6) is 2.71. The standard InChI is InChI=1S/C20H23NO2/c1-3-4-12-21-13-11-14-9-10-17(22-2)20-18(14)19(21)15-7-5-6-8-16(15)23-20/h5-10,19H,3-4,11-13H2,1-2H3. The molecule has 2 aliphatic heterocycles. The number of unbranched alkanes of at least 4 members (excludes halogenated alkanes) is 1. The second-order valence-electron chi connectivity index (χ2n) is 6.35. The van der Waals surface area contributed by atoms with Gasteiger partial charge in [-0.2, -0.15) is 0 Å². The molecule has 0 saturated carbocycles. The van der Waals surface area contributed by atoms with Gasteiger partial charge in [0.15, 0.2) is 11.5 Å². The van der Waals surface area contributed by atoms with E-state index in [4.69, 9.17) is 9.47 Å². The molecular weight excluding hydrogens is 286 g/mol. The highest BCUT2D eigenvalue weighted by atomic mass is 16.5. The van der Waals surface area contributed by atoms with Crippen molar-refractivity contribution < 1.29 is 9.47 Å². The maximum atomic E-state index is 6.25. The number of ether oxygens (including phenoxy) is 2. The quantitative estimate of drug-likeness (QED) is 0.827. The lowest BCUT2D eigenvalue weighted by molar-refractivity contribution is 0.195. The zero-order valence-electron chi connectivity index (χ0n) is 13.8. The van der Waals surface area contributed by atoms with Crippen LogP contribution in [0.2, 0.25) is 0 Å². The minimum atomic E-state index is 0.292. The summed E-state index contributed by atoms with van der Waals surface area (Å²) in [5, 5.41) is 0. The molecular formula is C20H23NO2. The van der Waals surface area contributed by atoms with Gasteiger partial charge in [0.2, 0.25) is 0 Å². The fraction of sp³-hybridized carbons (Fsp3) is 0.400. The maximum Gasteiger partial charge on any atom is 0.174 e. The molecule has 2 aromatic carbocycles. The number of hydrogen-bond acceptors (Lipinski definition) is 3. The van der Waals surface area contributed by atoms with Crippen molar-refractivity contribution in [1.29, 1.82) is 0 Å². The van der Waals surface area contributed by atoms with Gasteiger partial charge in [0.05, 0.1) is 13.2 Å². The number of benzene rings is 2. The van der Waals surface area contributed by atoms with Crippen LogP contribution >= 0.6 is 0 Å². The Hall–Kier alpha value is -2.00. The molecule has 3 heteroatoms. The summed E-state index contributed by atoms with van der Waals surface area (Å²) in [7, 11) is 1.72. The van der Waals surface area contributed by atoms with Crippen molar-refractivity contribution in [3.8, 4) is 17.2 Å². The molecule has 1 atom stereocenters. The van der Waals surface area contributed by atoms with Crippen molar-refractivity contribution in [2.45, 2.75) is 32.2 Å². The second-order valence-corrected chi connectivity index (χ2v) is 6.35. The molecule has 23 heavy (non-hydrogen) atoms. The molecule has 1 unspecified atom stereocenters. The van der Waals surface area contributed by atoms with E-state index in [9.17, 15) is 0 Å². The summed E-state index contributed by atoms with van der Waals surface area (Å²) in [6.07, 6.45) is 3.53. The highest BCUT2D eigenvalue weighted by molar-refractivity contribution is 5.62. The second kappa shape index (κ2) is 5.89. The molecule has 120 valence electrons. The van der Waals surface area contributed by atoms with E-state index < -0.39 is 0 Å². The van der Waals surface area contributed by atoms with Gasteiger partial charge in [0.25, 0.3) is 0 Å². The highest BCUT2D eigenvalue weighted by Gasteiger charge is 2.37. The van der Waals surface area contributed by atoms with E-state index in [2.05, 4.69) is 36.1 Å². The third-order valence-corrected chi connectivity index (χ3v) is 5.00. The smallest absolute Gasteiger partial charge is 0.174 e. The fourth-order valence-corrected chi connectivity index (χ4v) is 3.84. The third-order valence-electron chi connectivity index (χ3n) is 5.00. The Labute approximate surface area is 137 Å². The first-order valence-electron chi connectivity index (χ1n) is 8.54. The van der Waals surface area contributed by atoms with Crippen molar-refractivity contribution in [2.75, 3.05) is 20.2 Å². The fourth-order valence-electron chi connectivity index (χ4n) is 3.84. The molecule has 0 saturated heterocycles. The van der Waals surface area contributed by atoms with Gasteiger partial charge < -0.3 is 9.47 Å². The van der Waals surface area contributed by atoms with Crippen molar-refractivity contribution in [3.05, 3.63) is 53.1 Å². The normalized spacial score (nSPS) is 18.8. The Kier molecular flexibility index (Phi) is 3.74. The van der Waals surface area contributed by atoms with E-state index in [0.717, 1.165) is 36.8 Å². The molecule has 2 heterocycles. The lowest BCUT2D eigenvalue weighted by Gasteiger charge is -2.41. The highest BCUT2D eigenvalue weighted by Crippen LogP contribution is 2.52. The average molecular weight is 309 g/mol. The molecule has 0 N–H and O–H groups in total. The Morgan fingerprint density at radius 3 is 2.91 bits per heavy atom. The summed E-state index contributed by atoms with van der Waals surface area (Å²) >= 11 is 0. The summed E-state index contributed by atoms with van der Waals surface area (Å²) in [4.78, 5) is 2.61. The van der Waals surface area contributed by atoms with Gasteiger partial charge in [-0.15, -0.1) is 0 Å². The van der Waals surface area contributed by atoms with E-state index in [1.54, 1.807) is 7.11 Å². The average Bonchev–Trinajstić information content (AvgIpc) is 2.61. The van der Waals surface area contributed by atoms with Crippen molar-refractivity contribution in [1.82, 2.24) is 4.90 Å². The molecule has 0 aromatic heterocycles. The number of hydrogen-bond donors (Lipinski definition) is 0. The van der Waals surface area contributed by atoms with Gasteiger partial charge in [-0.1, -0.05) is 37.6 Å². The molecule has 2 aromatic rings. The summed E-state index contributed by atoms with van der Waals surface area (Å²) in [5.41, 5.74) is 3.99. The predicted molar refractivity (Wildman–Crippen MR) is 91.5 cm³/mol. The van der Waals surface area contributed by atoms with E-state index >= 15 is 0 Å². The number of fused-ring (bicyclic) bond motifs is 2. The zero-order chi connectivity index (χ0) is 15.8. The molecule has 3 nitrogen and oxygen atoms in total. The summed E-state index contributed by atoms with van der Waals surface area (Å²) in [6, 6.07) is 13.0. The molecule has 0 bridgehead atoms. The Morgan fingerprint density at radius 2 is 2.09 bits per heavy atom. The number of rotatable bonds is 4. The van der Waals surface area contributed by atoms with E-state index in [0.29, 0.717) is 6.04 Å². The van der Waals surface area contributed by atoms with Gasteiger partial charge in [0.1, 0.15) is 5.75 Å². The van der Waals surface area contributed by atoms with Crippen LogP contribution in [0.5, 0.6) is 17.2 Å². The molecule has 0 amide bonds. The van der Waals surface area contributed by atoms with E-state index in [1.807, 2.05) is 12.1 Å². The van der Waals surface area contributed by atoms with Crippen LogP contribution in [-0.4, -0.2) is 25.1 Å². The number of methoxy groups -OCH3 is 1. The van der Waals surface area contributed by atoms with Gasteiger partial charge >= 0.3 is 0 Å². The first-order valence-corrected chi connectivity index (χ1v) is 8.54. The van der Waals surface area contributed by atoms with E-state index in [-0.39, 0.29) is 0 Å². The lowest BCUT2D eigenvalue weighted by atomic mass is 9.85. The largest absolute Gasteiger partial charge is 0.493 e. The molecule has 4 rings (SSSR count). The van der Waals surface area contributed by atoms with E-state index in [1.165, 1.54) is 29.5 Å². The van der Waals surface area contributed by atoms with Crippen LogP contribution in [0.25, 0.3) is 0 Å². The molecule has 0 radical (unpaired) electrons. The number of nitrogens with zero attached hydrogens (tertiary/aromatic N) is 1. The first-order chi connectivity index (χ1) is 11.3. The van der Waals surface area contributed by atoms with Gasteiger partial charge in [-0.05, 0) is 37.1 Å². The molecule has 2 aliphatic rings. The van der Waals surface area contributed by atoms with Crippen LogP contribution in [0.4, 0.5) is 0 Å². The molecule has 0 aliphatic carbocycles. The van der Waals surface area contributed by atoms with Crippen LogP contribution in [0.3, 0.4) is 0 Å². The van der Waals surface area contributed by atoms with Crippen LogP contribution in [0, 0.1) is 0 Å².